The van der Waals surface area contributed by atoms with Gasteiger partial charge in [0, 0.05) is 19.3 Å². The van der Waals surface area contributed by atoms with E-state index in [1.54, 1.807) is 0 Å². The molecule has 0 aliphatic rings. The van der Waals surface area contributed by atoms with Crippen molar-refractivity contribution in [3.05, 3.63) is 122 Å². The maximum Gasteiger partial charge on any atom is 0.306 e. The highest BCUT2D eigenvalue weighted by Gasteiger charge is 2.19. The van der Waals surface area contributed by atoms with Gasteiger partial charge in [0.2, 0.25) is 0 Å². The first-order chi connectivity index (χ1) is 39.5. The Labute approximate surface area is 494 Å². The highest BCUT2D eigenvalue weighted by atomic mass is 16.6. The number of esters is 3. The zero-order valence-electron chi connectivity index (χ0n) is 52.3. The van der Waals surface area contributed by atoms with Crippen LogP contribution in [0.4, 0.5) is 0 Å². The lowest BCUT2D eigenvalue weighted by atomic mass is 10.0. The second kappa shape index (κ2) is 67.3. The van der Waals surface area contributed by atoms with Gasteiger partial charge in [-0.25, -0.2) is 0 Å². The quantitative estimate of drug-likeness (QED) is 0.0261. The number of carbonyl (C=O) groups excluding carboxylic acids is 3. The van der Waals surface area contributed by atoms with Gasteiger partial charge in [-0.2, -0.15) is 0 Å². The molecule has 0 bridgehead atoms. The fraction of sp³-hybridized carbons (Fsp3) is 0.689. The van der Waals surface area contributed by atoms with Gasteiger partial charge in [-0.1, -0.05) is 303 Å². The van der Waals surface area contributed by atoms with E-state index in [1.807, 2.05) is 0 Å². The Morgan fingerprint density at radius 2 is 0.487 bits per heavy atom. The molecular weight excluding hydrogens is 985 g/mol. The van der Waals surface area contributed by atoms with E-state index in [-0.39, 0.29) is 31.1 Å². The first-order valence-electron chi connectivity index (χ1n) is 33.5. The Balaban J connectivity index is 4.45. The molecule has 0 aromatic carbocycles. The molecule has 6 nitrogen and oxygen atoms in total. The number of unbranched alkanes of at least 4 members (excludes halogenated alkanes) is 29. The third-order valence-corrected chi connectivity index (χ3v) is 14.2. The van der Waals surface area contributed by atoms with Crippen LogP contribution in [0.5, 0.6) is 0 Å². The molecule has 0 heterocycles. The molecule has 0 fully saturated rings. The van der Waals surface area contributed by atoms with Gasteiger partial charge in [-0.15, -0.1) is 0 Å². The summed E-state index contributed by atoms with van der Waals surface area (Å²) in [5, 5.41) is 0. The van der Waals surface area contributed by atoms with E-state index in [0.717, 1.165) is 135 Å². The van der Waals surface area contributed by atoms with Crippen LogP contribution in [0.3, 0.4) is 0 Å². The monoisotopic (exact) mass is 1110 g/mol. The van der Waals surface area contributed by atoms with Crippen LogP contribution in [-0.4, -0.2) is 37.2 Å². The molecular formula is C74H124O6. The molecule has 0 saturated carbocycles. The van der Waals surface area contributed by atoms with Crippen LogP contribution < -0.4 is 0 Å². The topological polar surface area (TPSA) is 78.9 Å². The number of rotatable bonds is 60. The molecule has 1 atom stereocenters. The van der Waals surface area contributed by atoms with Crippen LogP contribution in [0.15, 0.2) is 122 Å². The van der Waals surface area contributed by atoms with Crippen molar-refractivity contribution in [2.45, 2.75) is 316 Å². The van der Waals surface area contributed by atoms with E-state index in [9.17, 15) is 14.4 Å². The fourth-order valence-electron chi connectivity index (χ4n) is 9.26. The van der Waals surface area contributed by atoms with Crippen LogP contribution in [0, 0.1) is 0 Å². The average Bonchev–Trinajstić information content (AvgIpc) is 3.46. The second-order valence-electron chi connectivity index (χ2n) is 22.0. The van der Waals surface area contributed by atoms with Gasteiger partial charge in [0.1, 0.15) is 13.2 Å². The van der Waals surface area contributed by atoms with Gasteiger partial charge >= 0.3 is 17.9 Å². The molecule has 1 unspecified atom stereocenters. The van der Waals surface area contributed by atoms with E-state index in [1.165, 1.54) is 135 Å². The number of allylic oxidation sites excluding steroid dienone is 20. The first kappa shape index (κ1) is 75.8. The normalized spacial score (nSPS) is 12.9. The Kier molecular flexibility index (Phi) is 63.8. The van der Waals surface area contributed by atoms with Crippen LogP contribution in [0.1, 0.15) is 310 Å². The standard InChI is InChI=1S/C74H124O6/c1-4-7-10-13-16-19-22-25-28-31-33-35-36-37-38-39-41-43-46-49-52-55-58-61-64-67-73(76)79-70-71(69-78-72(75)66-63-60-57-54-51-48-45-42-30-27-24-21-18-15-12-9-6-3)80-74(77)68-65-62-59-56-53-50-47-44-40-34-32-29-26-23-20-17-14-11-8-5-2/h7,9-10,12,16,18-19,21,25,27-28,30,33,35,37-38,41,43,49,52,71H,4-6,8,11,13-15,17,20,22-24,26,29,31-32,34,36,39-40,42,44-48,50-51,53-70H2,1-3H3/b10-7-,12-9-,19-16-,21-18-,28-25-,30-27-,35-33-,38-37-,43-41-,52-49-. The van der Waals surface area contributed by atoms with Crippen molar-refractivity contribution in [1.82, 2.24) is 0 Å². The molecule has 0 aliphatic heterocycles. The molecule has 0 N–H and O–H groups in total. The molecule has 0 spiro atoms. The van der Waals surface area contributed by atoms with Gasteiger partial charge < -0.3 is 14.2 Å². The predicted molar refractivity (Wildman–Crippen MR) is 348 cm³/mol. The SMILES string of the molecule is CC/C=C\C/C=C\C/C=C\C/C=C\C/C=C\C/C=C\C/C=C\CCCCCC(=O)OCC(COC(=O)CCCCCCCCC/C=C\C/C=C\C/C=C\CC)OC(=O)CCCCCCCCCCCCCCCCCCCCCC. The number of carbonyl (C=O) groups is 3. The minimum atomic E-state index is -0.800. The predicted octanol–water partition coefficient (Wildman–Crippen LogP) is 23.2. The van der Waals surface area contributed by atoms with Crippen molar-refractivity contribution in [3.8, 4) is 0 Å². The third kappa shape index (κ3) is 64.6. The van der Waals surface area contributed by atoms with Crippen molar-refractivity contribution in [1.29, 1.82) is 0 Å². The van der Waals surface area contributed by atoms with Gasteiger partial charge in [-0.3, -0.25) is 14.4 Å². The lowest BCUT2D eigenvalue weighted by Crippen LogP contribution is -2.30. The number of ether oxygens (including phenoxy) is 3. The minimum absolute atomic E-state index is 0.0942. The molecule has 0 aromatic heterocycles. The second-order valence-corrected chi connectivity index (χ2v) is 22.0. The summed E-state index contributed by atoms with van der Waals surface area (Å²) in [6.07, 6.45) is 93.5. The zero-order valence-corrected chi connectivity index (χ0v) is 52.3. The van der Waals surface area contributed by atoms with E-state index in [0.29, 0.717) is 19.3 Å². The lowest BCUT2D eigenvalue weighted by molar-refractivity contribution is -0.167. The zero-order chi connectivity index (χ0) is 57.8. The summed E-state index contributed by atoms with van der Waals surface area (Å²) in [6.45, 7) is 6.41. The van der Waals surface area contributed by atoms with E-state index in [4.69, 9.17) is 14.2 Å². The Hall–Kier alpha value is -4.19. The van der Waals surface area contributed by atoms with Gasteiger partial charge in [0.25, 0.3) is 0 Å². The van der Waals surface area contributed by atoms with Crippen LogP contribution in [0.25, 0.3) is 0 Å². The Morgan fingerprint density at radius 1 is 0.263 bits per heavy atom. The lowest BCUT2D eigenvalue weighted by Gasteiger charge is -2.18. The summed E-state index contributed by atoms with van der Waals surface area (Å²) in [6, 6.07) is 0. The summed E-state index contributed by atoms with van der Waals surface area (Å²) in [5.41, 5.74) is 0. The largest absolute Gasteiger partial charge is 0.462 e. The van der Waals surface area contributed by atoms with Gasteiger partial charge in [-0.05, 0) is 109 Å². The average molecular weight is 1110 g/mol. The van der Waals surface area contributed by atoms with E-state index < -0.39 is 6.10 Å². The number of hydrogen-bond acceptors (Lipinski definition) is 6. The van der Waals surface area contributed by atoms with Crippen molar-refractivity contribution >= 4 is 17.9 Å². The van der Waals surface area contributed by atoms with Gasteiger partial charge in [0.05, 0.1) is 0 Å². The summed E-state index contributed by atoms with van der Waals surface area (Å²) >= 11 is 0. The molecule has 0 saturated heterocycles. The third-order valence-electron chi connectivity index (χ3n) is 14.2. The smallest absolute Gasteiger partial charge is 0.306 e. The number of hydrogen-bond donors (Lipinski definition) is 0. The Morgan fingerprint density at radius 3 is 0.775 bits per heavy atom. The molecule has 456 valence electrons. The highest BCUT2D eigenvalue weighted by molar-refractivity contribution is 5.71. The summed E-state index contributed by atoms with van der Waals surface area (Å²) in [7, 11) is 0. The summed E-state index contributed by atoms with van der Waals surface area (Å²) in [5.74, 6) is -0.926. The van der Waals surface area contributed by atoms with Crippen molar-refractivity contribution < 1.29 is 28.6 Å². The summed E-state index contributed by atoms with van der Waals surface area (Å²) < 4.78 is 16.9. The van der Waals surface area contributed by atoms with E-state index >= 15 is 0 Å². The van der Waals surface area contributed by atoms with Crippen molar-refractivity contribution in [3.63, 3.8) is 0 Å². The van der Waals surface area contributed by atoms with Crippen LogP contribution in [-0.2, 0) is 28.6 Å². The van der Waals surface area contributed by atoms with Gasteiger partial charge in [0.15, 0.2) is 6.10 Å². The van der Waals surface area contributed by atoms with Crippen molar-refractivity contribution in [2.75, 3.05) is 13.2 Å². The maximum atomic E-state index is 12.9. The van der Waals surface area contributed by atoms with Crippen LogP contribution in [0.2, 0.25) is 0 Å². The molecule has 0 radical (unpaired) electrons. The molecule has 6 heteroatoms. The summed E-state index contributed by atoms with van der Waals surface area (Å²) in [4.78, 5) is 38.4. The fourth-order valence-corrected chi connectivity index (χ4v) is 9.26. The minimum Gasteiger partial charge on any atom is -0.462 e. The molecule has 80 heavy (non-hydrogen) atoms. The van der Waals surface area contributed by atoms with Crippen molar-refractivity contribution in [2.24, 2.45) is 0 Å². The molecule has 0 rings (SSSR count). The Bertz CT molecular complexity index is 1650. The first-order valence-corrected chi connectivity index (χ1v) is 33.5. The van der Waals surface area contributed by atoms with Crippen LogP contribution >= 0.6 is 0 Å². The molecule has 0 aromatic rings. The molecule has 0 amide bonds. The highest BCUT2D eigenvalue weighted by Crippen LogP contribution is 2.17. The maximum absolute atomic E-state index is 12.9. The molecule has 0 aliphatic carbocycles. The van der Waals surface area contributed by atoms with E-state index in [2.05, 4.69) is 142 Å².